The molecule has 0 bridgehead atoms. The third-order valence-corrected chi connectivity index (χ3v) is 3.46. The van der Waals surface area contributed by atoms with E-state index in [1.807, 2.05) is 0 Å². The minimum Gasteiger partial charge on any atom is -0.451 e. The maximum atomic E-state index is 13.2. The summed E-state index contributed by atoms with van der Waals surface area (Å²) < 4.78 is 18.6. The molecule has 1 aliphatic carbocycles. The van der Waals surface area contributed by atoms with Crippen LogP contribution in [-0.4, -0.2) is 24.4 Å². The van der Waals surface area contributed by atoms with Gasteiger partial charge < -0.3 is 15.1 Å². The number of hydrogen-bond acceptors (Lipinski definition) is 3. The van der Waals surface area contributed by atoms with Gasteiger partial charge in [0.2, 0.25) is 5.91 Å². The molecule has 1 saturated carbocycles. The Labute approximate surface area is 120 Å². The van der Waals surface area contributed by atoms with Crippen LogP contribution >= 0.6 is 0 Å². The molecule has 0 saturated heterocycles. The second-order valence-corrected chi connectivity index (χ2v) is 5.22. The number of carbonyl (C=O) groups is 2. The molecule has 1 heterocycles. The molecule has 2 amide bonds. The van der Waals surface area contributed by atoms with E-state index in [9.17, 15) is 14.0 Å². The first-order valence-electron chi connectivity index (χ1n) is 6.81. The Hall–Kier alpha value is -2.37. The number of halogens is 1. The fourth-order valence-electron chi connectivity index (χ4n) is 2.16. The van der Waals surface area contributed by atoms with Crippen molar-refractivity contribution >= 4 is 22.8 Å². The molecule has 2 aromatic rings. The lowest BCUT2D eigenvalue weighted by molar-refractivity contribution is -0.120. The largest absolute Gasteiger partial charge is 0.451 e. The van der Waals surface area contributed by atoms with Gasteiger partial charge in [0.15, 0.2) is 5.76 Å². The molecule has 0 atom stereocenters. The van der Waals surface area contributed by atoms with Crippen molar-refractivity contribution < 1.29 is 18.4 Å². The van der Waals surface area contributed by atoms with Gasteiger partial charge in [-0.25, -0.2) is 4.39 Å². The predicted octanol–water partition coefficient (Wildman–Crippen LogP) is 1.89. The van der Waals surface area contributed by atoms with E-state index in [1.54, 1.807) is 6.92 Å². The second kappa shape index (κ2) is 5.20. The minimum absolute atomic E-state index is 0.0970. The van der Waals surface area contributed by atoms with Crippen LogP contribution in [0.4, 0.5) is 4.39 Å². The van der Waals surface area contributed by atoms with Crippen molar-refractivity contribution in [3.05, 3.63) is 35.3 Å². The standard InChI is InChI=1S/C15H15FN2O3/c1-8-11-6-9(16)2-5-12(11)21-14(8)15(20)17-7-13(19)18-10-3-4-10/h2,5-6,10H,3-4,7H2,1H3,(H,17,20)(H,18,19). The van der Waals surface area contributed by atoms with Crippen molar-refractivity contribution in [2.75, 3.05) is 6.54 Å². The van der Waals surface area contributed by atoms with Gasteiger partial charge in [-0.15, -0.1) is 0 Å². The average Bonchev–Trinajstić information content (AvgIpc) is 3.20. The second-order valence-electron chi connectivity index (χ2n) is 5.22. The summed E-state index contributed by atoms with van der Waals surface area (Å²) in [7, 11) is 0. The summed E-state index contributed by atoms with van der Waals surface area (Å²) in [5, 5.41) is 5.84. The van der Waals surface area contributed by atoms with Crippen LogP contribution in [0.2, 0.25) is 0 Å². The van der Waals surface area contributed by atoms with Crippen molar-refractivity contribution in [2.24, 2.45) is 0 Å². The molecular formula is C15H15FN2O3. The van der Waals surface area contributed by atoms with Gasteiger partial charge in [0.1, 0.15) is 11.4 Å². The third kappa shape index (κ3) is 2.89. The molecule has 3 rings (SSSR count). The highest BCUT2D eigenvalue weighted by Gasteiger charge is 2.24. The van der Waals surface area contributed by atoms with Gasteiger partial charge in [0.25, 0.3) is 5.91 Å². The Morgan fingerprint density at radius 2 is 2.14 bits per heavy atom. The van der Waals surface area contributed by atoms with Gasteiger partial charge in [-0.05, 0) is 38.0 Å². The minimum atomic E-state index is -0.477. The van der Waals surface area contributed by atoms with Gasteiger partial charge in [-0.3, -0.25) is 9.59 Å². The maximum Gasteiger partial charge on any atom is 0.287 e. The first-order chi connectivity index (χ1) is 10.0. The number of fused-ring (bicyclic) bond motifs is 1. The van der Waals surface area contributed by atoms with Crippen LogP contribution in [0.3, 0.4) is 0 Å². The molecule has 2 N–H and O–H groups in total. The molecule has 0 aliphatic heterocycles. The summed E-state index contributed by atoms with van der Waals surface area (Å²) >= 11 is 0. The molecule has 1 fully saturated rings. The van der Waals surface area contributed by atoms with E-state index < -0.39 is 5.91 Å². The smallest absolute Gasteiger partial charge is 0.287 e. The molecule has 0 unspecified atom stereocenters. The van der Waals surface area contributed by atoms with Crippen LogP contribution in [0.25, 0.3) is 11.0 Å². The van der Waals surface area contributed by atoms with Gasteiger partial charge in [0, 0.05) is 17.0 Å². The normalized spacial score (nSPS) is 14.2. The Balaban J connectivity index is 1.71. The van der Waals surface area contributed by atoms with E-state index in [4.69, 9.17) is 4.42 Å². The first kappa shape index (κ1) is 13.6. The van der Waals surface area contributed by atoms with E-state index in [0.717, 1.165) is 12.8 Å². The average molecular weight is 290 g/mol. The van der Waals surface area contributed by atoms with Crippen molar-refractivity contribution in [2.45, 2.75) is 25.8 Å². The molecule has 21 heavy (non-hydrogen) atoms. The molecule has 6 heteroatoms. The number of furan rings is 1. The van der Waals surface area contributed by atoms with E-state index in [0.29, 0.717) is 16.5 Å². The Kier molecular flexibility index (Phi) is 3.37. The molecule has 110 valence electrons. The zero-order chi connectivity index (χ0) is 15.0. The molecule has 0 spiro atoms. The first-order valence-corrected chi connectivity index (χ1v) is 6.81. The maximum absolute atomic E-state index is 13.2. The van der Waals surface area contributed by atoms with Crippen LogP contribution in [0.15, 0.2) is 22.6 Å². The van der Waals surface area contributed by atoms with Crippen LogP contribution < -0.4 is 10.6 Å². The zero-order valence-electron chi connectivity index (χ0n) is 11.5. The monoisotopic (exact) mass is 290 g/mol. The van der Waals surface area contributed by atoms with Crippen LogP contribution in [0, 0.1) is 12.7 Å². The van der Waals surface area contributed by atoms with Crippen molar-refractivity contribution in [1.29, 1.82) is 0 Å². The SMILES string of the molecule is Cc1c(C(=O)NCC(=O)NC2CC2)oc2ccc(F)cc12. The number of carbonyl (C=O) groups excluding carboxylic acids is 2. The van der Waals surface area contributed by atoms with Crippen LogP contribution in [0.1, 0.15) is 29.0 Å². The van der Waals surface area contributed by atoms with Gasteiger partial charge in [-0.2, -0.15) is 0 Å². The Morgan fingerprint density at radius 1 is 1.38 bits per heavy atom. The van der Waals surface area contributed by atoms with E-state index >= 15 is 0 Å². The lowest BCUT2D eigenvalue weighted by atomic mass is 10.1. The predicted molar refractivity (Wildman–Crippen MR) is 74.4 cm³/mol. The molecule has 5 nitrogen and oxygen atoms in total. The number of aryl methyl sites for hydroxylation is 1. The quantitative estimate of drug-likeness (QED) is 0.903. The highest BCUT2D eigenvalue weighted by molar-refractivity contribution is 6.00. The summed E-state index contributed by atoms with van der Waals surface area (Å²) in [4.78, 5) is 23.6. The Morgan fingerprint density at radius 3 is 2.86 bits per heavy atom. The number of nitrogens with one attached hydrogen (secondary N) is 2. The number of hydrogen-bond donors (Lipinski definition) is 2. The summed E-state index contributed by atoms with van der Waals surface area (Å²) in [6.07, 6.45) is 1.99. The fourth-order valence-corrected chi connectivity index (χ4v) is 2.16. The van der Waals surface area contributed by atoms with Gasteiger partial charge >= 0.3 is 0 Å². The van der Waals surface area contributed by atoms with E-state index in [2.05, 4.69) is 10.6 Å². The topological polar surface area (TPSA) is 71.3 Å². The summed E-state index contributed by atoms with van der Waals surface area (Å²) in [5.41, 5.74) is 1.01. The zero-order valence-corrected chi connectivity index (χ0v) is 11.5. The lowest BCUT2D eigenvalue weighted by Crippen LogP contribution is -2.37. The Bertz CT molecular complexity index is 719. The van der Waals surface area contributed by atoms with E-state index in [-0.39, 0.29) is 30.1 Å². The number of benzene rings is 1. The van der Waals surface area contributed by atoms with Crippen molar-refractivity contribution in [1.82, 2.24) is 10.6 Å². The van der Waals surface area contributed by atoms with Crippen molar-refractivity contribution in [3.8, 4) is 0 Å². The van der Waals surface area contributed by atoms with Crippen LogP contribution in [-0.2, 0) is 4.79 Å². The third-order valence-electron chi connectivity index (χ3n) is 3.46. The molecule has 1 aromatic carbocycles. The van der Waals surface area contributed by atoms with Gasteiger partial charge in [-0.1, -0.05) is 0 Å². The molecular weight excluding hydrogens is 275 g/mol. The highest BCUT2D eigenvalue weighted by atomic mass is 19.1. The summed E-state index contributed by atoms with van der Waals surface area (Å²) in [6.45, 7) is 1.59. The highest BCUT2D eigenvalue weighted by Crippen LogP contribution is 2.25. The lowest BCUT2D eigenvalue weighted by Gasteiger charge is -2.04. The van der Waals surface area contributed by atoms with Gasteiger partial charge in [0.05, 0.1) is 6.54 Å². The number of rotatable bonds is 4. The van der Waals surface area contributed by atoms with E-state index in [1.165, 1.54) is 18.2 Å². The molecule has 1 aromatic heterocycles. The van der Waals surface area contributed by atoms with Crippen molar-refractivity contribution in [3.63, 3.8) is 0 Å². The number of amides is 2. The fraction of sp³-hybridized carbons (Fsp3) is 0.333. The summed E-state index contributed by atoms with van der Waals surface area (Å²) in [6, 6.07) is 4.33. The molecule has 0 radical (unpaired) electrons. The summed E-state index contributed by atoms with van der Waals surface area (Å²) in [5.74, 6) is -0.974. The van der Waals surface area contributed by atoms with Crippen LogP contribution in [0.5, 0.6) is 0 Å². The molecule has 1 aliphatic rings.